The molecule has 4 rings (SSSR count). The average molecular weight is 285 g/mol. The van der Waals surface area contributed by atoms with Gasteiger partial charge in [-0.2, -0.15) is 9.50 Å². The van der Waals surface area contributed by atoms with Gasteiger partial charge in [-0.25, -0.2) is 0 Å². The maximum atomic E-state index is 5.49. The zero-order valence-electron chi connectivity index (χ0n) is 9.93. The van der Waals surface area contributed by atoms with E-state index in [1.54, 1.807) is 16.9 Å². The second-order valence-corrected chi connectivity index (χ2v) is 4.87. The quantitative estimate of drug-likeness (QED) is 0.553. The van der Waals surface area contributed by atoms with Crippen LogP contribution in [-0.2, 0) is 0 Å². The Hall–Kier alpha value is -2.88. The Balaban J connectivity index is 1.87. The Morgan fingerprint density at radius 2 is 2.25 bits per heavy atom. The lowest BCUT2D eigenvalue weighted by atomic mass is 10.3. The number of aromatic amines is 1. The van der Waals surface area contributed by atoms with Crippen LogP contribution in [0.25, 0.3) is 27.2 Å². The molecule has 4 heterocycles. The second kappa shape index (κ2) is 4.06. The topological polar surface area (TPSA) is 124 Å². The van der Waals surface area contributed by atoms with Crippen LogP contribution in [-0.4, -0.2) is 40.0 Å². The van der Waals surface area contributed by atoms with E-state index in [9.17, 15) is 0 Å². The fourth-order valence-electron chi connectivity index (χ4n) is 1.76. The number of nitrogens with two attached hydrogens (primary N) is 1. The van der Waals surface area contributed by atoms with Crippen LogP contribution < -0.4 is 5.73 Å². The zero-order chi connectivity index (χ0) is 13.5. The first-order chi connectivity index (χ1) is 9.81. The van der Waals surface area contributed by atoms with Gasteiger partial charge >= 0.3 is 0 Å². The third-order valence-electron chi connectivity index (χ3n) is 2.62. The largest absolute Gasteiger partial charge is 0.366 e. The van der Waals surface area contributed by atoms with Gasteiger partial charge in [0.2, 0.25) is 10.9 Å². The lowest BCUT2D eigenvalue weighted by Gasteiger charge is -1.94. The van der Waals surface area contributed by atoms with E-state index in [0.717, 1.165) is 5.56 Å². The number of nitrogens with one attached hydrogen (secondary N) is 1. The summed E-state index contributed by atoms with van der Waals surface area (Å²) in [5.74, 6) is 1.32. The van der Waals surface area contributed by atoms with E-state index in [0.29, 0.717) is 21.6 Å². The van der Waals surface area contributed by atoms with Crippen molar-refractivity contribution in [2.24, 2.45) is 0 Å². The standard InChI is InChI=1S/C10H7N9S/c11-9-13-6(14-16-9)8-18-19-7(15-17-10(19)20-8)5-2-1-3-12-4-5/h1-4H,(H3,11,13,14,16). The van der Waals surface area contributed by atoms with Crippen LogP contribution >= 0.6 is 11.3 Å². The van der Waals surface area contributed by atoms with Crippen molar-refractivity contribution in [3.63, 3.8) is 0 Å². The molecule has 9 nitrogen and oxygen atoms in total. The summed E-state index contributed by atoms with van der Waals surface area (Å²) in [6, 6.07) is 3.73. The molecule has 0 amide bonds. The number of aromatic nitrogens is 8. The minimum absolute atomic E-state index is 0.179. The molecule has 0 fully saturated rings. The predicted octanol–water partition coefficient (Wildman–Crippen LogP) is 0.615. The maximum absolute atomic E-state index is 5.49. The van der Waals surface area contributed by atoms with E-state index in [1.807, 2.05) is 12.1 Å². The first-order valence-electron chi connectivity index (χ1n) is 5.62. The number of nitrogens with zero attached hydrogens (tertiary/aromatic N) is 7. The minimum Gasteiger partial charge on any atom is -0.366 e. The van der Waals surface area contributed by atoms with Gasteiger partial charge in [0, 0.05) is 18.0 Å². The number of pyridine rings is 1. The molecule has 0 aromatic carbocycles. The van der Waals surface area contributed by atoms with E-state index in [4.69, 9.17) is 5.73 Å². The van der Waals surface area contributed by atoms with Gasteiger partial charge in [0.1, 0.15) is 0 Å². The van der Waals surface area contributed by atoms with Crippen LogP contribution in [0.5, 0.6) is 0 Å². The smallest absolute Gasteiger partial charge is 0.239 e. The first-order valence-corrected chi connectivity index (χ1v) is 6.44. The molecule has 0 aliphatic rings. The van der Waals surface area contributed by atoms with Gasteiger partial charge in [-0.15, -0.1) is 20.4 Å². The summed E-state index contributed by atoms with van der Waals surface area (Å²) in [6.45, 7) is 0. The van der Waals surface area contributed by atoms with Gasteiger partial charge in [-0.3, -0.25) is 10.1 Å². The van der Waals surface area contributed by atoms with Gasteiger partial charge < -0.3 is 5.73 Å². The highest BCUT2D eigenvalue weighted by Gasteiger charge is 2.16. The van der Waals surface area contributed by atoms with Crippen molar-refractivity contribution in [1.82, 2.24) is 40.0 Å². The Kier molecular flexibility index (Phi) is 2.23. The molecule has 3 N–H and O–H groups in total. The number of H-pyrrole nitrogens is 1. The van der Waals surface area contributed by atoms with E-state index in [-0.39, 0.29) is 5.95 Å². The molecule has 0 atom stereocenters. The van der Waals surface area contributed by atoms with Crippen LogP contribution in [0, 0.1) is 0 Å². The molecule has 0 unspecified atom stereocenters. The van der Waals surface area contributed by atoms with Crippen molar-refractivity contribution in [2.45, 2.75) is 0 Å². The van der Waals surface area contributed by atoms with Crippen LogP contribution in [0.3, 0.4) is 0 Å². The Labute approximate surface area is 115 Å². The maximum Gasteiger partial charge on any atom is 0.239 e. The van der Waals surface area contributed by atoms with Gasteiger partial charge in [0.05, 0.1) is 0 Å². The number of hydrogen-bond acceptors (Lipinski definition) is 8. The molecule has 98 valence electrons. The highest BCUT2D eigenvalue weighted by molar-refractivity contribution is 7.19. The molecule has 0 aliphatic heterocycles. The monoisotopic (exact) mass is 285 g/mol. The normalized spacial score (nSPS) is 11.2. The first kappa shape index (κ1) is 11.0. The fraction of sp³-hybridized carbons (Fsp3) is 0. The summed E-state index contributed by atoms with van der Waals surface area (Å²) >= 11 is 1.35. The van der Waals surface area contributed by atoms with Crippen molar-refractivity contribution < 1.29 is 0 Å². The molecule has 0 radical (unpaired) electrons. The van der Waals surface area contributed by atoms with Crippen molar-refractivity contribution in [3.8, 4) is 22.2 Å². The lowest BCUT2D eigenvalue weighted by Crippen LogP contribution is -1.92. The molecule has 4 aromatic heterocycles. The Bertz CT molecular complexity index is 875. The van der Waals surface area contributed by atoms with Crippen molar-refractivity contribution >= 4 is 22.2 Å². The fourth-order valence-corrected chi connectivity index (χ4v) is 2.54. The molecular formula is C10H7N9S. The number of anilines is 1. The molecule has 10 heteroatoms. The summed E-state index contributed by atoms with van der Waals surface area (Å²) in [6.07, 6.45) is 3.41. The van der Waals surface area contributed by atoms with Crippen LogP contribution in [0.2, 0.25) is 0 Å². The van der Waals surface area contributed by atoms with E-state index in [1.165, 1.54) is 11.3 Å². The van der Waals surface area contributed by atoms with E-state index < -0.39 is 0 Å². The summed E-state index contributed by atoms with van der Waals surface area (Å²) < 4.78 is 1.65. The summed E-state index contributed by atoms with van der Waals surface area (Å²) in [4.78, 5) is 8.77. The van der Waals surface area contributed by atoms with Gasteiger partial charge in [-0.1, -0.05) is 11.3 Å². The van der Waals surface area contributed by atoms with Gasteiger partial charge in [0.15, 0.2) is 16.7 Å². The van der Waals surface area contributed by atoms with Crippen molar-refractivity contribution in [1.29, 1.82) is 0 Å². The molecule has 4 aromatic rings. The molecule has 20 heavy (non-hydrogen) atoms. The van der Waals surface area contributed by atoms with Crippen LogP contribution in [0.4, 0.5) is 5.95 Å². The third kappa shape index (κ3) is 1.62. The molecule has 0 saturated heterocycles. The lowest BCUT2D eigenvalue weighted by molar-refractivity contribution is 0.959. The number of fused-ring (bicyclic) bond motifs is 1. The summed E-state index contributed by atoms with van der Waals surface area (Å²) in [5, 5.41) is 19.8. The second-order valence-electron chi connectivity index (χ2n) is 3.91. The molecule has 0 saturated carbocycles. The number of rotatable bonds is 2. The summed E-state index contributed by atoms with van der Waals surface area (Å²) in [7, 11) is 0. The molecular weight excluding hydrogens is 278 g/mol. The predicted molar refractivity (Wildman–Crippen MR) is 71.7 cm³/mol. The zero-order valence-corrected chi connectivity index (χ0v) is 10.7. The number of hydrogen-bond donors (Lipinski definition) is 2. The SMILES string of the molecule is Nc1n[nH]c(-c2nn3c(-c4cccnc4)nnc3s2)n1. The van der Waals surface area contributed by atoms with Crippen LogP contribution in [0.15, 0.2) is 24.5 Å². The van der Waals surface area contributed by atoms with E-state index in [2.05, 4.69) is 35.5 Å². The average Bonchev–Trinajstić information content (AvgIpc) is 3.13. The minimum atomic E-state index is 0.179. The molecule has 0 aliphatic carbocycles. The molecule has 0 spiro atoms. The Morgan fingerprint density at radius 1 is 1.30 bits per heavy atom. The van der Waals surface area contributed by atoms with Crippen molar-refractivity contribution in [2.75, 3.05) is 5.73 Å². The highest BCUT2D eigenvalue weighted by Crippen LogP contribution is 2.25. The Morgan fingerprint density at radius 3 is 3.00 bits per heavy atom. The van der Waals surface area contributed by atoms with Gasteiger partial charge in [0.25, 0.3) is 0 Å². The van der Waals surface area contributed by atoms with Crippen LogP contribution in [0.1, 0.15) is 0 Å². The number of nitrogen functional groups attached to an aromatic ring is 1. The van der Waals surface area contributed by atoms with E-state index >= 15 is 0 Å². The summed E-state index contributed by atoms with van der Waals surface area (Å²) in [5.41, 5.74) is 6.33. The highest BCUT2D eigenvalue weighted by atomic mass is 32.1. The van der Waals surface area contributed by atoms with Crippen molar-refractivity contribution in [3.05, 3.63) is 24.5 Å². The molecule has 0 bridgehead atoms. The third-order valence-corrected chi connectivity index (χ3v) is 3.52. The van der Waals surface area contributed by atoms with Gasteiger partial charge in [-0.05, 0) is 12.1 Å².